The molecule has 0 aromatic carbocycles. The van der Waals surface area contributed by atoms with Crippen LogP contribution in [-0.2, 0) is 19.1 Å². The lowest BCUT2D eigenvalue weighted by Crippen LogP contribution is -2.59. The largest absolute Gasteiger partial charge is 0.459 e. The normalized spacial score (nSPS) is 43.1. The van der Waals surface area contributed by atoms with Gasteiger partial charge in [-0.05, 0) is 43.9 Å². The highest BCUT2D eigenvalue weighted by atomic mass is 16.6. The maximum atomic E-state index is 12.2. The standard InChI is InChI=1S/C14H20O5/c1-9(16)19-14-5-10-2-11(6-14)4-13(3-10,7-14)12(17)18-8-15/h10-11,15H,2-8H2,1H3. The van der Waals surface area contributed by atoms with Gasteiger partial charge in [-0.2, -0.15) is 0 Å². The van der Waals surface area contributed by atoms with Crippen molar-refractivity contribution in [3.8, 4) is 0 Å². The summed E-state index contributed by atoms with van der Waals surface area (Å²) in [5, 5.41) is 8.82. The Morgan fingerprint density at radius 3 is 2.37 bits per heavy atom. The zero-order chi connectivity index (χ0) is 13.7. The smallest absolute Gasteiger partial charge is 0.314 e. The van der Waals surface area contributed by atoms with E-state index in [4.69, 9.17) is 14.6 Å². The zero-order valence-electron chi connectivity index (χ0n) is 11.2. The molecule has 0 aliphatic heterocycles. The summed E-state index contributed by atoms with van der Waals surface area (Å²) in [6.07, 6.45) is 5.05. The highest BCUT2D eigenvalue weighted by Gasteiger charge is 2.62. The van der Waals surface area contributed by atoms with Crippen LogP contribution in [0.5, 0.6) is 0 Å². The first-order valence-corrected chi connectivity index (χ1v) is 6.95. The summed E-state index contributed by atoms with van der Waals surface area (Å²) >= 11 is 0. The van der Waals surface area contributed by atoms with Crippen LogP contribution < -0.4 is 0 Å². The van der Waals surface area contributed by atoms with Gasteiger partial charge in [0, 0.05) is 13.3 Å². The van der Waals surface area contributed by atoms with E-state index in [1.165, 1.54) is 6.92 Å². The number of aliphatic hydroxyl groups excluding tert-OH is 1. The Bertz CT molecular complexity index is 402. The van der Waals surface area contributed by atoms with Crippen LogP contribution in [0.15, 0.2) is 0 Å². The van der Waals surface area contributed by atoms with Gasteiger partial charge in [0.25, 0.3) is 0 Å². The number of hydrogen-bond donors (Lipinski definition) is 1. The summed E-state index contributed by atoms with van der Waals surface area (Å²) in [5.41, 5.74) is -1.01. The Labute approximate surface area is 112 Å². The zero-order valence-corrected chi connectivity index (χ0v) is 11.2. The molecule has 5 nitrogen and oxygen atoms in total. The lowest BCUT2D eigenvalue weighted by Gasteiger charge is -2.59. The maximum absolute atomic E-state index is 12.2. The maximum Gasteiger partial charge on any atom is 0.314 e. The third kappa shape index (κ3) is 2.04. The lowest BCUT2D eigenvalue weighted by atomic mass is 9.48. The molecule has 4 saturated carbocycles. The van der Waals surface area contributed by atoms with Crippen LogP contribution in [0.1, 0.15) is 45.4 Å². The first-order valence-electron chi connectivity index (χ1n) is 6.95. The minimum atomic E-state index is -0.573. The molecule has 4 fully saturated rings. The van der Waals surface area contributed by atoms with Crippen molar-refractivity contribution in [2.45, 2.75) is 51.0 Å². The number of esters is 2. The van der Waals surface area contributed by atoms with Gasteiger partial charge in [0.2, 0.25) is 0 Å². The number of hydrogen-bond acceptors (Lipinski definition) is 5. The Morgan fingerprint density at radius 2 is 1.84 bits per heavy atom. The summed E-state index contributed by atoms with van der Waals surface area (Å²) in [6.45, 7) is 0.855. The summed E-state index contributed by atoms with van der Waals surface area (Å²) in [6, 6.07) is 0. The van der Waals surface area contributed by atoms with Gasteiger partial charge in [-0.15, -0.1) is 0 Å². The molecule has 2 unspecified atom stereocenters. The van der Waals surface area contributed by atoms with Gasteiger partial charge in [-0.1, -0.05) is 0 Å². The van der Waals surface area contributed by atoms with Crippen molar-refractivity contribution in [3.63, 3.8) is 0 Å². The molecule has 106 valence electrons. The SMILES string of the molecule is CC(=O)OC12CC3CC(C1)CC(C(=O)OCO)(C3)C2. The lowest BCUT2D eigenvalue weighted by molar-refractivity contribution is -0.214. The Hall–Kier alpha value is -1.10. The average molecular weight is 268 g/mol. The van der Waals surface area contributed by atoms with Crippen molar-refractivity contribution in [2.24, 2.45) is 17.3 Å². The van der Waals surface area contributed by atoms with Crippen LogP contribution in [0.3, 0.4) is 0 Å². The first kappa shape index (κ1) is 12.9. The highest BCUT2D eigenvalue weighted by Crippen LogP contribution is 2.63. The molecule has 0 saturated heterocycles. The van der Waals surface area contributed by atoms with E-state index in [0.29, 0.717) is 18.3 Å². The predicted molar refractivity (Wildman–Crippen MR) is 64.8 cm³/mol. The minimum Gasteiger partial charge on any atom is -0.459 e. The molecule has 19 heavy (non-hydrogen) atoms. The molecule has 0 heterocycles. The summed E-state index contributed by atoms with van der Waals surface area (Å²) < 4.78 is 10.4. The molecule has 1 N–H and O–H groups in total. The number of carbonyl (C=O) groups is 2. The van der Waals surface area contributed by atoms with Gasteiger partial charge in [-0.3, -0.25) is 9.59 Å². The monoisotopic (exact) mass is 268 g/mol. The van der Waals surface area contributed by atoms with Crippen LogP contribution in [0.4, 0.5) is 0 Å². The highest BCUT2D eigenvalue weighted by molar-refractivity contribution is 5.78. The van der Waals surface area contributed by atoms with E-state index in [-0.39, 0.29) is 11.9 Å². The van der Waals surface area contributed by atoms with Crippen LogP contribution >= 0.6 is 0 Å². The van der Waals surface area contributed by atoms with E-state index < -0.39 is 17.8 Å². The van der Waals surface area contributed by atoms with Gasteiger partial charge >= 0.3 is 11.9 Å². The molecule has 5 heteroatoms. The van der Waals surface area contributed by atoms with Crippen LogP contribution in [-0.4, -0.2) is 29.4 Å². The van der Waals surface area contributed by atoms with Gasteiger partial charge in [0.15, 0.2) is 6.79 Å². The van der Waals surface area contributed by atoms with Crippen molar-refractivity contribution >= 4 is 11.9 Å². The van der Waals surface area contributed by atoms with Gasteiger partial charge < -0.3 is 14.6 Å². The van der Waals surface area contributed by atoms with Crippen molar-refractivity contribution < 1.29 is 24.2 Å². The van der Waals surface area contributed by atoms with E-state index in [9.17, 15) is 9.59 Å². The van der Waals surface area contributed by atoms with Crippen molar-refractivity contribution in [1.29, 1.82) is 0 Å². The molecule has 4 rings (SSSR count). The average Bonchev–Trinajstić information content (AvgIpc) is 2.25. The predicted octanol–water partition coefficient (Wildman–Crippen LogP) is 1.38. The Kier molecular flexibility index (Phi) is 2.85. The van der Waals surface area contributed by atoms with Gasteiger partial charge in [-0.25, -0.2) is 0 Å². The Morgan fingerprint density at radius 1 is 1.21 bits per heavy atom. The van der Waals surface area contributed by atoms with Gasteiger partial charge in [0.1, 0.15) is 5.60 Å². The fraction of sp³-hybridized carbons (Fsp3) is 0.857. The third-order valence-electron chi connectivity index (χ3n) is 5.00. The second kappa shape index (κ2) is 4.20. The van der Waals surface area contributed by atoms with E-state index in [2.05, 4.69) is 0 Å². The second-order valence-corrected chi connectivity index (χ2v) is 6.58. The third-order valence-corrected chi connectivity index (χ3v) is 5.00. The van der Waals surface area contributed by atoms with E-state index in [1.54, 1.807) is 0 Å². The molecule has 4 aliphatic carbocycles. The van der Waals surface area contributed by atoms with Crippen LogP contribution in [0, 0.1) is 17.3 Å². The summed E-state index contributed by atoms with van der Waals surface area (Å²) in [7, 11) is 0. The van der Waals surface area contributed by atoms with E-state index in [1.807, 2.05) is 0 Å². The number of ether oxygens (including phenoxy) is 2. The van der Waals surface area contributed by atoms with E-state index >= 15 is 0 Å². The summed E-state index contributed by atoms with van der Waals surface area (Å²) in [5.74, 6) is 0.284. The molecule has 4 aliphatic rings. The quantitative estimate of drug-likeness (QED) is 0.618. The molecular weight excluding hydrogens is 248 g/mol. The summed E-state index contributed by atoms with van der Waals surface area (Å²) in [4.78, 5) is 23.6. The molecule has 0 radical (unpaired) electrons. The molecule has 0 spiro atoms. The number of aliphatic hydroxyl groups is 1. The van der Waals surface area contributed by atoms with Crippen molar-refractivity contribution in [1.82, 2.24) is 0 Å². The topological polar surface area (TPSA) is 72.8 Å². The molecule has 0 aromatic heterocycles. The number of carbonyl (C=O) groups excluding carboxylic acids is 2. The van der Waals surface area contributed by atoms with Gasteiger partial charge in [0.05, 0.1) is 5.41 Å². The fourth-order valence-corrected chi connectivity index (χ4v) is 5.05. The fourth-order valence-electron chi connectivity index (χ4n) is 5.05. The molecule has 0 aromatic rings. The first-order chi connectivity index (χ1) is 8.97. The van der Waals surface area contributed by atoms with Crippen LogP contribution in [0.25, 0.3) is 0 Å². The molecule has 0 amide bonds. The molecular formula is C14H20O5. The van der Waals surface area contributed by atoms with E-state index in [0.717, 1.165) is 32.1 Å². The van der Waals surface area contributed by atoms with Crippen molar-refractivity contribution in [3.05, 3.63) is 0 Å². The Balaban J connectivity index is 1.88. The second-order valence-electron chi connectivity index (χ2n) is 6.58. The van der Waals surface area contributed by atoms with Crippen LogP contribution in [0.2, 0.25) is 0 Å². The van der Waals surface area contributed by atoms with Crippen molar-refractivity contribution in [2.75, 3.05) is 6.79 Å². The molecule has 4 bridgehead atoms. The molecule has 2 atom stereocenters. The number of rotatable bonds is 3. The minimum absolute atomic E-state index is 0.271.